The Morgan fingerprint density at radius 1 is 1.32 bits per heavy atom. The van der Waals surface area contributed by atoms with E-state index in [1.807, 2.05) is 0 Å². The maximum atomic E-state index is 13.6. The van der Waals surface area contributed by atoms with Gasteiger partial charge in [-0.3, -0.25) is 4.98 Å². The Hall–Kier alpha value is -1.91. The van der Waals surface area contributed by atoms with Crippen LogP contribution < -0.4 is 5.73 Å². The molecule has 1 unspecified atom stereocenters. The third-order valence-corrected chi connectivity index (χ3v) is 3.28. The number of halogens is 2. The number of aromatic nitrogens is 1. The molecule has 1 atom stereocenters. The van der Waals surface area contributed by atoms with Gasteiger partial charge in [0.1, 0.15) is 5.76 Å². The molecule has 0 spiro atoms. The molecular formula is C14H10ClFN2O. The first-order valence-corrected chi connectivity index (χ1v) is 6.07. The summed E-state index contributed by atoms with van der Waals surface area (Å²) in [4.78, 5) is 3.90. The van der Waals surface area contributed by atoms with Gasteiger partial charge in [-0.15, -0.1) is 0 Å². The van der Waals surface area contributed by atoms with Crippen molar-refractivity contribution < 1.29 is 8.81 Å². The second-order valence-corrected chi connectivity index (χ2v) is 4.59. The third kappa shape index (κ3) is 2.09. The van der Waals surface area contributed by atoms with Crippen LogP contribution in [-0.2, 0) is 0 Å². The van der Waals surface area contributed by atoms with Crippen LogP contribution in [0.15, 0.2) is 47.1 Å². The number of hydrogen-bond donors (Lipinski definition) is 1. The van der Waals surface area contributed by atoms with Gasteiger partial charge in [-0.2, -0.15) is 0 Å². The summed E-state index contributed by atoms with van der Waals surface area (Å²) in [5.74, 6) is 0.0602. The first kappa shape index (κ1) is 12.1. The van der Waals surface area contributed by atoms with Crippen LogP contribution in [0, 0.1) is 5.82 Å². The summed E-state index contributed by atoms with van der Waals surface area (Å²) < 4.78 is 19.1. The Labute approximate surface area is 113 Å². The van der Waals surface area contributed by atoms with E-state index in [1.54, 1.807) is 30.5 Å². The highest BCUT2D eigenvalue weighted by atomic mass is 35.5. The zero-order chi connectivity index (χ0) is 13.4. The van der Waals surface area contributed by atoms with Gasteiger partial charge in [-0.1, -0.05) is 23.7 Å². The van der Waals surface area contributed by atoms with Crippen molar-refractivity contribution in [2.75, 3.05) is 0 Å². The van der Waals surface area contributed by atoms with E-state index >= 15 is 0 Å². The van der Waals surface area contributed by atoms with E-state index in [1.165, 1.54) is 12.3 Å². The summed E-state index contributed by atoms with van der Waals surface area (Å²) in [6.45, 7) is 0. The van der Waals surface area contributed by atoms with Crippen molar-refractivity contribution in [2.45, 2.75) is 6.04 Å². The molecule has 0 amide bonds. The molecule has 1 aromatic carbocycles. The monoisotopic (exact) mass is 276 g/mol. The lowest BCUT2D eigenvalue weighted by atomic mass is 10.1. The summed E-state index contributed by atoms with van der Waals surface area (Å²) in [6.07, 6.45) is 3.12. The van der Waals surface area contributed by atoms with Crippen molar-refractivity contribution in [1.29, 1.82) is 0 Å². The van der Waals surface area contributed by atoms with E-state index in [0.717, 1.165) is 0 Å². The van der Waals surface area contributed by atoms with Crippen LogP contribution in [0.1, 0.15) is 17.4 Å². The van der Waals surface area contributed by atoms with Gasteiger partial charge in [-0.25, -0.2) is 4.39 Å². The number of pyridine rings is 1. The Kier molecular flexibility index (Phi) is 2.97. The number of hydrogen-bond acceptors (Lipinski definition) is 3. The van der Waals surface area contributed by atoms with Crippen molar-refractivity contribution in [3.63, 3.8) is 0 Å². The molecule has 0 saturated carbocycles. The van der Waals surface area contributed by atoms with Crippen molar-refractivity contribution in [1.82, 2.24) is 4.98 Å². The topological polar surface area (TPSA) is 52.0 Å². The molecular weight excluding hydrogens is 267 g/mol. The molecule has 2 N–H and O–H groups in total. The molecule has 0 aliphatic rings. The lowest BCUT2D eigenvalue weighted by molar-refractivity contribution is 0.502. The van der Waals surface area contributed by atoms with Crippen LogP contribution >= 0.6 is 11.6 Å². The highest BCUT2D eigenvalue weighted by Gasteiger charge is 2.18. The van der Waals surface area contributed by atoms with Gasteiger partial charge in [-0.05, 0) is 23.8 Å². The molecule has 0 saturated heterocycles. The van der Waals surface area contributed by atoms with Crippen LogP contribution in [0.5, 0.6) is 0 Å². The van der Waals surface area contributed by atoms with Crippen LogP contribution in [0.4, 0.5) is 4.39 Å². The van der Waals surface area contributed by atoms with Crippen molar-refractivity contribution in [3.8, 4) is 0 Å². The quantitative estimate of drug-likeness (QED) is 0.777. The normalized spacial score (nSPS) is 12.8. The largest absolute Gasteiger partial charge is 0.456 e. The fraction of sp³-hybridized carbons (Fsp3) is 0.0714. The summed E-state index contributed by atoms with van der Waals surface area (Å²) in [7, 11) is 0. The highest BCUT2D eigenvalue weighted by Crippen LogP contribution is 2.30. The molecule has 96 valence electrons. The van der Waals surface area contributed by atoms with E-state index in [-0.39, 0.29) is 5.58 Å². The molecule has 19 heavy (non-hydrogen) atoms. The average molecular weight is 277 g/mol. The molecule has 3 rings (SSSR count). The van der Waals surface area contributed by atoms with Crippen molar-refractivity contribution in [2.24, 2.45) is 5.73 Å². The fourth-order valence-corrected chi connectivity index (χ4v) is 2.23. The SMILES string of the molecule is NC(c1cc2cccc(F)c2o1)c1ccncc1Cl. The molecule has 0 bridgehead atoms. The molecule has 0 aliphatic carbocycles. The maximum Gasteiger partial charge on any atom is 0.169 e. The number of para-hydroxylation sites is 1. The summed E-state index contributed by atoms with van der Waals surface area (Å²) in [5.41, 5.74) is 7.00. The van der Waals surface area contributed by atoms with Gasteiger partial charge < -0.3 is 10.2 Å². The van der Waals surface area contributed by atoms with Crippen LogP contribution in [0.2, 0.25) is 5.02 Å². The smallest absolute Gasteiger partial charge is 0.169 e. The van der Waals surface area contributed by atoms with Crippen LogP contribution in [0.25, 0.3) is 11.0 Å². The second kappa shape index (κ2) is 4.64. The van der Waals surface area contributed by atoms with Gasteiger partial charge in [0, 0.05) is 17.8 Å². The minimum Gasteiger partial charge on any atom is -0.456 e. The minimum atomic E-state index is -0.553. The molecule has 2 aromatic heterocycles. The average Bonchev–Trinajstić information content (AvgIpc) is 2.84. The van der Waals surface area contributed by atoms with Gasteiger partial charge in [0.2, 0.25) is 0 Å². The van der Waals surface area contributed by atoms with E-state index in [4.69, 9.17) is 21.8 Å². The number of benzene rings is 1. The Bertz CT molecular complexity index is 741. The Morgan fingerprint density at radius 2 is 2.16 bits per heavy atom. The lowest BCUT2D eigenvalue weighted by Crippen LogP contribution is -2.11. The van der Waals surface area contributed by atoms with Crippen LogP contribution in [0.3, 0.4) is 0 Å². The van der Waals surface area contributed by atoms with E-state index in [0.29, 0.717) is 21.7 Å². The summed E-state index contributed by atoms with van der Waals surface area (Å²) in [5, 5.41) is 1.13. The second-order valence-electron chi connectivity index (χ2n) is 4.18. The number of nitrogens with two attached hydrogens (primary N) is 1. The number of nitrogens with zero attached hydrogens (tertiary/aromatic N) is 1. The lowest BCUT2D eigenvalue weighted by Gasteiger charge is -2.10. The predicted octanol–water partition coefficient (Wildman–Crippen LogP) is 3.67. The maximum absolute atomic E-state index is 13.6. The first-order valence-electron chi connectivity index (χ1n) is 5.70. The highest BCUT2D eigenvalue weighted by molar-refractivity contribution is 6.31. The molecule has 3 aromatic rings. The van der Waals surface area contributed by atoms with E-state index in [9.17, 15) is 4.39 Å². The third-order valence-electron chi connectivity index (χ3n) is 2.96. The molecule has 5 heteroatoms. The molecule has 0 aliphatic heterocycles. The fourth-order valence-electron chi connectivity index (χ4n) is 1.99. The number of furan rings is 1. The Balaban J connectivity index is 2.10. The van der Waals surface area contributed by atoms with E-state index < -0.39 is 11.9 Å². The van der Waals surface area contributed by atoms with Gasteiger partial charge in [0.25, 0.3) is 0 Å². The van der Waals surface area contributed by atoms with Gasteiger partial charge in [0.05, 0.1) is 11.1 Å². The molecule has 3 nitrogen and oxygen atoms in total. The number of rotatable bonds is 2. The predicted molar refractivity (Wildman–Crippen MR) is 71.4 cm³/mol. The summed E-state index contributed by atoms with van der Waals surface area (Å²) >= 11 is 6.04. The van der Waals surface area contributed by atoms with Gasteiger partial charge >= 0.3 is 0 Å². The van der Waals surface area contributed by atoms with Gasteiger partial charge in [0.15, 0.2) is 11.4 Å². The van der Waals surface area contributed by atoms with Crippen molar-refractivity contribution >= 4 is 22.6 Å². The molecule has 0 fully saturated rings. The zero-order valence-electron chi connectivity index (χ0n) is 9.81. The molecule has 0 radical (unpaired) electrons. The first-order chi connectivity index (χ1) is 9.16. The van der Waals surface area contributed by atoms with Crippen LogP contribution in [-0.4, -0.2) is 4.98 Å². The zero-order valence-corrected chi connectivity index (χ0v) is 10.6. The Morgan fingerprint density at radius 3 is 2.89 bits per heavy atom. The number of fused-ring (bicyclic) bond motifs is 1. The minimum absolute atomic E-state index is 0.207. The molecule has 2 heterocycles. The standard InChI is InChI=1S/C14H10ClFN2O/c15-10-7-18-5-4-9(10)13(17)12-6-8-2-1-3-11(16)14(8)19-12/h1-7,13H,17H2. The van der Waals surface area contributed by atoms with E-state index in [2.05, 4.69) is 4.98 Å². The summed E-state index contributed by atoms with van der Waals surface area (Å²) in [6, 6.07) is 7.63. The van der Waals surface area contributed by atoms with Crippen molar-refractivity contribution in [3.05, 3.63) is 64.9 Å².